The quantitative estimate of drug-likeness (QED) is 0.903. The SMILES string of the molecule is CCN(Cc1ccccc1Br)C1CCCC1CN. The van der Waals surface area contributed by atoms with E-state index in [1.807, 2.05) is 0 Å². The molecule has 2 nitrogen and oxygen atoms in total. The average Bonchev–Trinajstić information content (AvgIpc) is 2.86. The highest BCUT2D eigenvalue weighted by molar-refractivity contribution is 9.10. The molecule has 2 unspecified atom stereocenters. The lowest BCUT2D eigenvalue weighted by molar-refractivity contribution is 0.162. The van der Waals surface area contributed by atoms with Gasteiger partial charge in [-0.2, -0.15) is 0 Å². The van der Waals surface area contributed by atoms with Crippen molar-refractivity contribution in [3.63, 3.8) is 0 Å². The summed E-state index contributed by atoms with van der Waals surface area (Å²) in [6.45, 7) is 5.21. The van der Waals surface area contributed by atoms with Crippen molar-refractivity contribution in [2.24, 2.45) is 11.7 Å². The zero-order chi connectivity index (χ0) is 13.0. The molecule has 1 aliphatic carbocycles. The summed E-state index contributed by atoms with van der Waals surface area (Å²) >= 11 is 3.64. The van der Waals surface area contributed by atoms with Gasteiger partial charge in [-0.15, -0.1) is 0 Å². The standard InChI is InChI=1S/C15H23BrN2/c1-2-18(15-9-5-7-12(15)10-17)11-13-6-3-4-8-14(13)16/h3-4,6,8,12,15H,2,5,7,9-11,17H2,1H3. The summed E-state index contributed by atoms with van der Waals surface area (Å²) in [4.78, 5) is 2.59. The van der Waals surface area contributed by atoms with Crippen molar-refractivity contribution in [1.29, 1.82) is 0 Å². The first-order chi connectivity index (χ1) is 8.76. The minimum absolute atomic E-state index is 0.673. The van der Waals surface area contributed by atoms with Crippen molar-refractivity contribution in [1.82, 2.24) is 4.90 Å². The molecule has 2 atom stereocenters. The third-order valence-corrected chi connectivity index (χ3v) is 4.90. The van der Waals surface area contributed by atoms with Gasteiger partial charge in [0.05, 0.1) is 0 Å². The summed E-state index contributed by atoms with van der Waals surface area (Å²) in [6.07, 6.45) is 3.94. The normalized spacial score (nSPS) is 23.8. The average molecular weight is 311 g/mol. The van der Waals surface area contributed by atoms with Crippen LogP contribution in [0.5, 0.6) is 0 Å². The Balaban J connectivity index is 2.07. The van der Waals surface area contributed by atoms with Crippen LogP contribution in [0, 0.1) is 5.92 Å². The Bertz CT molecular complexity index is 381. The van der Waals surface area contributed by atoms with Gasteiger partial charge in [0.25, 0.3) is 0 Å². The highest BCUT2D eigenvalue weighted by Crippen LogP contribution is 2.31. The van der Waals surface area contributed by atoms with Gasteiger partial charge in [-0.25, -0.2) is 0 Å². The van der Waals surface area contributed by atoms with Crippen molar-refractivity contribution >= 4 is 15.9 Å². The van der Waals surface area contributed by atoms with Gasteiger partial charge >= 0.3 is 0 Å². The molecule has 0 aromatic heterocycles. The van der Waals surface area contributed by atoms with Crippen molar-refractivity contribution in [3.8, 4) is 0 Å². The minimum atomic E-state index is 0.673. The number of rotatable bonds is 5. The van der Waals surface area contributed by atoms with E-state index in [0.717, 1.165) is 19.6 Å². The summed E-state index contributed by atoms with van der Waals surface area (Å²) in [5.74, 6) is 0.687. The first kappa shape index (κ1) is 14.0. The number of halogens is 1. The monoisotopic (exact) mass is 310 g/mol. The largest absolute Gasteiger partial charge is 0.330 e. The third-order valence-electron chi connectivity index (χ3n) is 4.13. The second kappa shape index (κ2) is 6.69. The van der Waals surface area contributed by atoms with Crippen molar-refractivity contribution in [2.75, 3.05) is 13.1 Å². The van der Waals surface area contributed by atoms with E-state index < -0.39 is 0 Å². The van der Waals surface area contributed by atoms with E-state index in [1.54, 1.807) is 0 Å². The zero-order valence-corrected chi connectivity index (χ0v) is 12.7. The van der Waals surface area contributed by atoms with Gasteiger partial charge in [-0.3, -0.25) is 4.90 Å². The van der Waals surface area contributed by atoms with Crippen LogP contribution in [0.1, 0.15) is 31.7 Å². The first-order valence-electron chi connectivity index (χ1n) is 6.93. The zero-order valence-electron chi connectivity index (χ0n) is 11.1. The molecule has 0 aliphatic heterocycles. The Morgan fingerprint density at radius 1 is 1.33 bits per heavy atom. The minimum Gasteiger partial charge on any atom is -0.330 e. The maximum atomic E-state index is 5.90. The summed E-state index contributed by atoms with van der Waals surface area (Å²) in [7, 11) is 0. The van der Waals surface area contributed by atoms with Gasteiger partial charge in [-0.1, -0.05) is 47.5 Å². The molecule has 1 aromatic carbocycles. The van der Waals surface area contributed by atoms with E-state index in [9.17, 15) is 0 Å². The van der Waals surface area contributed by atoms with Crippen LogP contribution in [-0.4, -0.2) is 24.0 Å². The highest BCUT2D eigenvalue weighted by Gasteiger charge is 2.30. The number of hydrogen-bond donors (Lipinski definition) is 1. The molecule has 0 amide bonds. The van der Waals surface area contributed by atoms with Gasteiger partial charge in [0.15, 0.2) is 0 Å². The van der Waals surface area contributed by atoms with Gasteiger partial charge in [0, 0.05) is 17.1 Å². The molecule has 0 saturated heterocycles. The van der Waals surface area contributed by atoms with E-state index in [-0.39, 0.29) is 0 Å². The van der Waals surface area contributed by atoms with Gasteiger partial charge in [-0.05, 0) is 43.5 Å². The van der Waals surface area contributed by atoms with Crippen LogP contribution < -0.4 is 5.73 Å². The lowest BCUT2D eigenvalue weighted by Gasteiger charge is -2.32. The molecule has 1 aromatic rings. The van der Waals surface area contributed by atoms with Crippen molar-refractivity contribution in [3.05, 3.63) is 34.3 Å². The summed E-state index contributed by atoms with van der Waals surface area (Å²) in [5.41, 5.74) is 7.28. The molecular weight excluding hydrogens is 288 g/mol. The summed E-state index contributed by atoms with van der Waals surface area (Å²) in [6, 6.07) is 9.19. The smallest absolute Gasteiger partial charge is 0.0247 e. The molecular formula is C15H23BrN2. The molecule has 1 saturated carbocycles. The molecule has 0 spiro atoms. The van der Waals surface area contributed by atoms with Crippen molar-refractivity contribution in [2.45, 2.75) is 38.8 Å². The Labute approximate surface area is 119 Å². The maximum Gasteiger partial charge on any atom is 0.0247 e. The van der Waals surface area contributed by atoms with Crippen LogP contribution in [0.25, 0.3) is 0 Å². The van der Waals surface area contributed by atoms with Crippen LogP contribution in [-0.2, 0) is 6.54 Å². The molecule has 0 heterocycles. The van der Waals surface area contributed by atoms with Crippen LogP contribution in [0.3, 0.4) is 0 Å². The lowest BCUT2D eigenvalue weighted by Crippen LogP contribution is -2.39. The Morgan fingerprint density at radius 2 is 2.11 bits per heavy atom. The van der Waals surface area contributed by atoms with Crippen LogP contribution in [0.2, 0.25) is 0 Å². The van der Waals surface area contributed by atoms with Crippen LogP contribution in [0.15, 0.2) is 28.7 Å². The van der Waals surface area contributed by atoms with Gasteiger partial charge in [0.1, 0.15) is 0 Å². The maximum absolute atomic E-state index is 5.90. The first-order valence-corrected chi connectivity index (χ1v) is 7.73. The number of nitrogens with zero attached hydrogens (tertiary/aromatic N) is 1. The Morgan fingerprint density at radius 3 is 2.78 bits per heavy atom. The Kier molecular flexibility index (Phi) is 5.22. The number of nitrogens with two attached hydrogens (primary N) is 1. The number of benzene rings is 1. The van der Waals surface area contributed by atoms with E-state index >= 15 is 0 Å². The molecule has 0 bridgehead atoms. The molecule has 1 fully saturated rings. The second-order valence-electron chi connectivity index (χ2n) is 5.15. The fraction of sp³-hybridized carbons (Fsp3) is 0.600. The predicted octanol–water partition coefficient (Wildman–Crippen LogP) is 3.40. The van der Waals surface area contributed by atoms with E-state index in [1.165, 1.54) is 29.3 Å². The summed E-state index contributed by atoms with van der Waals surface area (Å²) < 4.78 is 1.21. The van der Waals surface area contributed by atoms with Crippen molar-refractivity contribution < 1.29 is 0 Å². The van der Waals surface area contributed by atoms with E-state index in [4.69, 9.17) is 5.73 Å². The fourth-order valence-electron chi connectivity index (χ4n) is 3.08. The predicted molar refractivity (Wildman–Crippen MR) is 80.4 cm³/mol. The lowest BCUT2D eigenvalue weighted by atomic mass is 10.0. The topological polar surface area (TPSA) is 29.3 Å². The molecule has 2 rings (SSSR count). The van der Waals surface area contributed by atoms with E-state index in [2.05, 4.69) is 52.0 Å². The molecule has 1 aliphatic rings. The molecule has 0 radical (unpaired) electrons. The fourth-order valence-corrected chi connectivity index (χ4v) is 3.49. The second-order valence-corrected chi connectivity index (χ2v) is 6.00. The summed E-state index contributed by atoms with van der Waals surface area (Å²) in [5, 5.41) is 0. The van der Waals surface area contributed by atoms with Gasteiger partial charge < -0.3 is 5.73 Å². The van der Waals surface area contributed by atoms with E-state index in [0.29, 0.717) is 12.0 Å². The van der Waals surface area contributed by atoms with Crippen LogP contribution >= 0.6 is 15.9 Å². The molecule has 2 N–H and O–H groups in total. The molecule has 100 valence electrons. The van der Waals surface area contributed by atoms with Gasteiger partial charge in [0.2, 0.25) is 0 Å². The highest BCUT2D eigenvalue weighted by atomic mass is 79.9. The molecule has 3 heteroatoms. The Hall–Kier alpha value is -0.380. The molecule has 18 heavy (non-hydrogen) atoms. The van der Waals surface area contributed by atoms with Crippen LogP contribution in [0.4, 0.5) is 0 Å². The third kappa shape index (κ3) is 3.14. The number of hydrogen-bond acceptors (Lipinski definition) is 2.